The van der Waals surface area contributed by atoms with Crippen LogP contribution in [0.3, 0.4) is 0 Å². The van der Waals surface area contributed by atoms with E-state index in [1.54, 1.807) is 0 Å². The van der Waals surface area contributed by atoms with Gasteiger partial charge in [-0.15, -0.1) is 0 Å². The lowest BCUT2D eigenvalue weighted by atomic mass is 10.0. The number of carbonyl (C=O) groups excluding carboxylic acids is 2. The molecule has 1 N–H and O–H groups in total. The molecule has 0 saturated carbocycles. The Morgan fingerprint density at radius 2 is 2.00 bits per heavy atom. The molecule has 0 spiro atoms. The highest BCUT2D eigenvalue weighted by Crippen LogP contribution is 2.33. The Balaban J connectivity index is 1.43. The van der Waals surface area contributed by atoms with E-state index in [4.69, 9.17) is 9.47 Å². The lowest BCUT2D eigenvalue weighted by Crippen LogP contribution is -2.30. The van der Waals surface area contributed by atoms with E-state index < -0.39 is 6.04 Å². The Morgan fingerprint density at radius 1 is 1.11 bits per heavy atom. The highest BCUT2D eigenvalue weighted by atomic mass is 32.2. The minimum atomic E-state index is -0.453. The monoisotopic (exact) mass is 380 g/mol. The fraction of sp³-hybridized carbons (Fsp3) is 0.200. The second-order valence-corrected chi connectivity index (χ2v) is 7.57. The quantitative estimate of drug-likeness (QED) is 0.752. The van der Waals surface area contributed by atoms with Crippen LogP contribution in [0.25, 0.3) is 10.9 Å². The molecule has 1 aromatic heterocycles. The van der Waals surface area contributed by atoms with Gasteiger partial charge in [-0.25, -0.2) is 0 Å². The number of hydrogen-bond donors (Lipinski definition) is 1. The number of amides is 1. The molecule has 0 radical (unpaired) electrons. The summed E-state index contributed by atoms with van der Waals surface area (Å²) in [6.07, 6.45) is 2.55. The first kappa shape index (κ1) is 16.3. The second-order valence-electron chi connectivity index (χ2n) is 6.59. The molecule has 1 saturated heterocycles. The van der Waals surface area contributed by atoms with E-state index in [2.05, 4.69) is 22.0 Å². The van der Waals surface area contributed by atoms with Gasteiger partial charge in [0, 0.05) is 41.8 Å². The third kappa shape index (κ3) is 2.94. The SMILES string of the molecule is O=C1NC(Cc2cccc3c2ccn3Cc2ccc3c(c2)OCO3)C(=O)S1. The Morgan fingerprint density at radius 3 is 2.85 bits per heavy atom. The molecule has 3 aromatic rings. The summed E-state index contributed by atoms with van der Waals surface area (Å²) in [5, 5.41) is 3.44. The van der Waals surface area contributed by atoms with Crippen molar-refractivity contribution in [3.05, 3.63) is 59.8 Å². The predicted molar refractivity (Wildman–Crippen MR) is 102 cm³/mol. The third-order valence-corrected chi connectivity index (χ3v) is 5.68. The molecular formula is C20H16N2O4S. The Bertz CT molecular complexity index is 1080. The Kier molecular flexibility index (Phi) is 3.82. The zero-order valence-electron chi connectivity index (χ0n) is 14.3. The predicted octanol–water partition coefficient (Wildman–Crippen LogP) is 3.31. The van der Waals surface area contributed by atoms with Gasteiger partial charge in [-0.2, -0.15) is 0 Å². The molecule has 0 bridgehead atoms. The molecule has 2 aromatic carbocycles. The minimum absolute atomic E-state index is 0.114. The number of fused-ring (bicyclic) bond motifs is 2. The van der Waals surface area contributed by atoms with Gasteiger partial charge in [-0.3, -0.25) is 9.59 Å². The first-order valence-corrected chi connectivity index (χ1v) is 9.46. The Labute approximate surface area is 159 Å². The first-order valence-electron chi connectivity index (χ1n) is 8.65. The molecule has 5 rings (SSSR count). The summed E-state index contributed by atoms with van der Waals surface area (Å²) in [6.45, 7) is 0.974. The van der Waals surface area contributed by atoms with E-state index in [1.807, 2.05) is 36.5 Å². The van der Waals surface area contributed by atoms with Gasteiger partial charge in [0.2, 0.25) is 11.9 Å². The molecule has 3 heterocycles. The molecular weight excluding hydrogens is 364 g/mol. The van der Waals surface area contributed by atoms with Crippen molar-refractivity contribution < 1.29 is 19.1 Å². The summed E-state index contributed by atoms with van der Waals surface area (Å²) in [7, 11) is 0. The molecule has 136 valence electrons. The van der Waals surface area contributed by atoms with Gasteiger partial charge in [0.05, 0.1) is 0 Å². The van der Waals surface area contributed by atoms with Crippen molar-refractivity contribution >= 4 is 33.0 Å². The summed E-state index contributed by atoms with van der Waals surface area (Å²) in [4.78, 5) is 23.3. The number of ether oxygens (including phenoxy) is 2. The summed E-state index contributed by atoms with van der Waals surface area (Å²) >= 11 is 0.754. The van der Waals surface area contributed by atoms with Gasteiger partial charge in [-0.05, 0) is 35.4 Å². The van der Waals surface area contributed by atoms with Crippen molar-refractivity contribution in [1.82, 2.24) is 9.88 Å². The van der Waals surface area contributed by atoms with Crippen LogP contribution in [-0.2, 0) is 17.8 Å². The van der Waals surface area contributed by atoms with Crippen LogP contribution in [0.5, 0.6) is 11.5 Å². The fourth-order valence-electron chi connectivity index (χ4n) is 3.59. The van der Waals surface area contributed by atoms with E-state index in [-0.39, 0.29) is 17.1 Å². The van der Waals surface area contributed by atoms with Crippen LogP contribution in [0.4, 0.5) is 4.79 Å². The molecule has 1 fully saturated rings. The molecule has 1 amide bonds. The number of hydrogen-bond acceptors (Lipinski definition) is 5. The third-order valence-electron chi connectivity index (χ3n) is 4.89. The molecule has 1 atom stereocenters. The standard InChI is InChI=1S/C20H16N2O4S/c23-19-15(21-20(24)27-19)9-13-2-1-3-16-14(13)6-7-22(16)10-12-4-5-17-18(8-12)26-11-25-17/h1-8,15H,9-11H2,(H,21,24). The number of nitrogens with one attached hydrogen (secondary N) is 1. The fourth-order valence-corrected chi connectivity index (χ4v) is 4.25. The summed E-state index contributed by atoms with van der Waals surface area (Å²) in [5.41, 5.74) is 3.27. The molecule has 27 heavy (non-hydrogen) atoms. The van der Waals surface area contributed by atoms with Gasteiger partial charge in [0.1, 0.15) is 6.04 Å². The Hall–Kier alpha value is -2.93. The maximum Gasteiger partial charge on any atom is 0.287 e. The topological polar surface area (TPSA) is 69.6 Å². The van der Waals surface area contributed by atoms with Crippen LogP contribution >= 0.6 is 11.8 Å². The molecule has 6 nitrogen and oxygen atoms in total. The average molecular weight is 380 g/mol. The zero-order chi connectivity index (χ0) is 18.4. The van der Waals surface area contributed by atoms with E-state index >= 15 is 0 Å². The van der Waals surface area contributed by atoms with Crippen LogP contribution < -0.4 is 14.8 Å². The highest BCUT2D eigenvalue weighted by Gasteiger charge is 2.31. The van der Waals surface area contributed by atoms with E-state index in [0.717, 1.165) is 45.3 Å². The normalized spacial score (nSPS) is 18.3. The maximum atomic E-state index is 11.9. The van der Waals surface area contributed by atoms with Crippen molar-refractivity contribution in [3.63, 3.8) is 0 Å². The zero-order valence-corrected chi connectivity index (χ0v) is 15.1. The number of nitrogens with zero attached hydrogens (tertiary/aromatic N) is 1. The van der Waals surface area contributed by atoms with Gasteiger partial charge in [0.25, 0.3) is 5.24 Å². The molecule has 1 unspecified atom stereocenters. The van der Waals surface area contributed by atoms with Crippen molar-refractivity contribution in [3.8, 4) is 11.5 Å². The van der Waals surface area contributed by atoms with Gasteiger partial charge in [0.15, 0.2) is 11.5 Å². The average Bonchev–Trinajstić information content (AvgIpc) is 3.35. The van der Waals surface area contributed by atoms with E-state index in [0.29, 0.717) is 13.0 Å². The maximum absolute atomic E-state index is 11.9. The number of rotatable bonds is 4. The van der Waals surface area contributed by atoms with Crippen LogP contribution in [0, 0.1) is 0 Å². The largest absolute Gasteiger partial charge is 0.454 e. The summed E-state index contributed by atoms with van der Waals surface area (Å²) < 4.78 is 13.0. The van der Waals surface area contributed by atoms with Crippen LogP contribution in [-0.4, -0.2) is 27.8 Å². The molecule has 2 aliphatic heterocycles. The van der Waals surface area contributed by atoms with E-state index in [9.17, 15) is 9.59 Å². The number of thioether (sulfide) groups is 1. The van der Waals surface area contributed by atoms with Crippen molar-refractivity contribution in [2.24, 2.45) is 0 Å². The number of benzene rings is 2. The van der Waals surface area contributed by atoms with Crippen LogP contribution in [0.15, 0.2) is 48.7 Å². The molecule has 2 aliphatic rings. The molecule has 0 aliphatic carbocycles. The van der Waals surface area contributed by atoms with Crippen LogP contribution in [0.1, 0.15) is 11.1 Å². The van der Waals surface area contributed by atoms with Gasteiger partial charge in [-0.1, -0.05) is 18.2 Å². The van der Waals surface area contributed by atoms with E-state index in [1.165, 1.54) is 0 Å². The number of carbonyl (C=O) groups is 2. The summed E-state index contributed by atoms with van der Waals surface area (Å²) in [6, 6.07) is 13.6. The smallest absolute Gasteiger partial charge is 0.287 e. The summed E-state index contributed by atoms with van der Waals surface area (Å²) in [5.74, 6) is 1.55. The molecule has 7 heteroatoms. The van der Waals surface area contributed by atoms with Crippen LogP contribution in [0.2, 0.25) is 0 Å². The van der Waals surface area contributed by atoms with Gasteiger partial charge < -0.3 is 19.4 Å². The number of aromatic nitrogens is 1. The van der Waals surface area contributed by atoms with Crippen molar-refractivity contribution in [1.29, 1.82) is 0 Å². The first-order chi connectivity index (χ1) is 13.2. The van der Waals surface area contributed by atoms with Gasteiger partial charge >= 0.3 is 0 Å². The second kappa shape index (κ2) is 6.35. The van der Waals surface area contributed by atoms with Crippen molar-refractivity contribution in [2.45, 2.75) is 19.0 Å². The van der Waals surface area contributed by atoms with Crippen molar-refractivity contribution in [2.75, 3.05) is 6.79 Å². The lowest BCUT2D eigenvalue weighted by Gasteiger charge is -2.11. The highest BCUT2D eigenvalue weighted by molar-refractivity contribution is 8.26. The lowest BCUT2D eigenvalue weighted by molar-refractivity contribution is -0.112. The minimum Gasteiger partial charge on any atom is -0.454 e.